The second-order valence-electron chi connectivity index (χ2n) is 5.74. The van der Waals surface area contributed by atoms with Crippen molar-refractivity contribution in [3.8, 4) is 0 Å². The summed E-state index contributed by atoms with van der Waals surface area (Å²) in [5, 5.41) is 8.93. The Labute approximate surface area is 118 Å². The van der Waals surface area contributed by atoms with Crippen molar-refractivity contribution in [3.05, 3.63) is 29.6 Å². The second kappa shape index (κ2) is 5.09. The number of hydrogen-bond acceptors (Lipinski definition) is 3. The molecule has 6 heteroatoms. The molecule has 0 unspecified atom stereocenters. The Kier molecular flexibility index (Phi) is 3.56. The molecule has 1 aromatic carbocycles. The normalized spacial score (nSPS) is 19.6. The number of sulfonamides is 1. The summed E-state index contributed by atoms with van der Waals surface area (Å²) in [6.07, 6.45) is 4.20. The van der Waals surface area contributed by atoms with Crippen molar-refractivity contribution in [2.24, 2.45) is 11.8 Å². The second-order valence-corrected chi connectivity index (χ2v) is 7.43. The van der Waals surface area contributed by atoms with Gasteiger partial charge in [0.15, 0.2) is 0 Å². The molecule has 0 heterocycles. The van der Waals surface area contributed by atoms with Crippen molar-refractivity contribution < 1.29 is 17.9 Å². The Hall–Kier alpha value is -0.980. The van der Waals surface area contributed by atoms with Gasteiger partial charge in [0.2, 0.25) is 10.0 Å². The minimum Gasteiger partial charge on any atom is -0.392 e. The molecule has 3 rings (SSSR count). The zero-order chi connectivity index (χ0) is 14.3. The molecule has 4 nitrogen and oxygen atoms in total. The summed E-state index contributed by atoms with van der Waals surface area (Å²) in [5.74, 6) is 0.0171. The summed E-state index contributed by atoms with van der Waals surface area (Å²) in [6.45, 7) is -0.308. The maximum Gasteiger partial charge on any atom is 0.243 e. The van der Waals surface area contributed by atoms with E-state index in [0.717, 1.165) is 31.7 Å². The molecule has 0 aliphatic heterocycles. The standard InChI is InChI=1S/C14H18FNO3S/c15-12-7-9(8-17)1-6-13(12)20(18,19)16-14(10-2-3-10)11-4-5-11/h1,6-7,10-11,14,16-17H,2-5,8H2. The first kappa shape index (κ1) is 14.0. The lowest BCUT2D eigenvalue weighted by atomic mass is 10.1. The molecule has 2 fully saturated rings. The highest BCUT2D eigenvalue weighted by molar-refractivity contribution is 7.89. The fraction of sp³-hybridized carbons (Fsp3) is 0.571. The van der Waals surface area contributed by atoms with Crippen LogP contribution in [-0.2, 0) is 16.6 Å². The Balaban J connectivity index is 1.83. The van der Waals surface area contributed by atoms with Gasteiger partial charge < -0.3 is 5.11 Å². The quantitative estimate of drug-likeness (QED) is 0.841. The van der Waals surface area contributed by atoms with E-state index in [0.29, 0.717) is 17.4 Å². The molecular formula is C14H18FNO3S. The largest absolute Gasteiger partial charge is 0.392 e. The van der Waals surface area contributed by atoms with Gasteiger partial charge in [-0.25, -0.2) is 17.5 Å². The predicted molar refractivity (Wildman–Crippen MR) is 71.9 cm³/mol. The van der Waals surface area contributed by atoms with Gasteiger partial charge in [0, 0.05) is 6.04 Å². The lowest BCUT2D eigenvalue weighted by Gasteiger charge is -2.18. The van der Waals surface area contributed by atoms with E-state index in [1.165, 1.54) is 12.1 Å². The molecule has 1 aromatic rings. The SMILES string of the molecule is O=S(=O)(NC(C1CC1)C1CC1)c1ccc(CO)cc1F. The monoisotopic (exact) mass is 299 g/mol. The molecule has 0 saturated heterocycles. The highest BCUT2D eigenvalue weighted by Gasteiger charge is 2.43. The van der Waals surface area contributed by atoms with Crippen LogP contribution in [0.1, 0.15) is 31.2 Å². The zero-order valence-corrected chi connectivity index (χ0v) is 11.9. The molecule has 20 heavy (non-hydrogen) atoms. The molecule has 0 amide bonds. The first-order chi connectivity index (χ1) is 9.51. The van der Waals surface area contributed by atoms with Gasteiger partial charge in [-0.3, -0.25) is 0 Å². The Morgan fingerprint density at radius 2 is 1.85 bits per heavy atom. The fourth-order valence-electron chi connectivity index (χ4n) is 2.59. The predicted octanol–water partition coefficient (Wildman–Crippen LogP) is 1.78. The molecule has 0 atom stereocenters. The molecule has 2 saturated carbocycles. The lowest BCUT2D eigenvalue weighted by molar-refractivity contribution is 0.281. The van der Waals surface area contributed by atoms with E-state index in [2.05, 4.69) is 4.72 Å². The molecule has 0 bridgehead atoms. The average Bonchev–Trinajstić information content (AvgIpc) is 3.28. The summed E-state index contributed by atoms with van der Waals surface area (Å²) in [4.78, 5) is -0.332. The first-order valence-corrected chi connectivity index (χ1v) is 8.41. The topological polar surface area (TPSA) is 66.4 Å². The molecular weight excluding hydrogens is 281 g/mol. The summed E-state index contributed by atoms with van der Waals surface area (Å²) in [7, 11) is -3.83. The van der Waals surface area contributed by atoms with Crippen molar-refractivity contribution in [3.63, 3.8) is 0 Å². The summed E-state index contributed by atoms with van der Waals surface area (Å²) in [6, 6.07) is 3.68. The van der Waals surface area contributed by atoms with Crippen molar-refractivity contribution in [1.29, 1.82) is 0 Å². The van der Waals surface area contributed by atoms with E-state index in [-0.39, 0.29) is 17.5 Å². The van der Waals surface area contributed by atoms with Gasteiger partial charge in [-0.2, -0.15) is 0 Å². The maximum absolute atomic E-state index is 13.9. The number of nitrogens with one attached hydrogen (secondary N) is 1. The minimum absolute atomic E-state index is 0.0445. The van der Waals surface area contributed by atoms with Gasteiger partial charge in [0.25, 0.3) is 0 Å². The molecule has 0 radical (unpaired) electrons. The molecule has 0 spiro atoms. The summed E-state index contributed by atoms with van der Waals surface area (Å²) < 4.78 is 41.2. The average molecular weight is 299 g/mol. The van der Waals surface area contributed by atoms with E-state index < -0.39 is 15.8 Å². The van der Waals surface area contributed by atoms with Crippen molar-refractivity contribution in [2.45, 2.75) is 43.2 Å². The molecule has 0 aromatic heterocycles. The van der Waals surface area contributed by atoms with E-state index in [4.69, 9.17) is 5.11 Å². The number of aliphatic hydroxyl groups excluding tert-OH is 1. The highest BCUT2D eigenvalue weighted by atomic mass is 32.2. The van der Waals surface area contributed by atoms with Crippen LogP contribution in [0.25, 0.3) is 0 Å². The summed E-state index contributed by atoms with van der Waals surface area (Å²) >= 11 is 0. The smallest absolute Gasteiger partial charge is 0.243 e. The highest BCUT2D eigenvalue weighted by Crippen LogP contribution is 2.45. The van der Waals surface area contributed by atoms with Crippen LogP contribution in [0.3, 0.4) is 0 Å². The van der Waals surface area contributed by atoms with Crippen LogP contribution < -0.4 is 4.72 Å². The van der Waals surface area contributed by atoms with E-state index in [1.807, 2.05) is 0 Å². The molecule has 110 valence electrons. The van der Waals surface area contributed by atoms with Crippen LogP contribution in [0.15, 0.2) is 23.1 Å². The van der Waals surface area contributed by atoms with E-state index in [9.17, 15) is 12.8 Å². The third-order valence-electron chi connectivity index (χ3n) is 4.02. The fourth-order valence-corrected chi connectivity index (χ4v) is 4.02. The Bertz CT molecular complexity index is 597. The number of aliphatic hydroxyl groups is 1. The van der Waals surface area contributed by atoms with E-state index >= 15 is 0 Å². The Morgan fingerprint density at radius 1 is 1.25 bits per heavy atom. The number of benzene rings is 1. The van der Waals surface area contributed by atoms with Gasteiger partial charge in [0.1, 0.15) is 10.7 Å². The maximum atomic E-state index is 13.9. The van der Waals surface area contributed by atoms with Crippen molar-refractivity contribution >= 4 is 10.0 Å². The molecule has 2 aliphatic carbocycles. The van der Waals surface area contributed by atoms with Crippen molar-refractivity contribution in [1.82, 2.24) is 4.72 Å². The third kappa shape index (κ3) is 2.87. The molecule has 2 N–H and O–H groups in total. The van der Waals surface area contributed by atoms with Gasteiger partial charge in [-0.05, 0) is 55.2 Å². The van der Waals surface area contributed by atoms with Gasteiger partial charge in [0.05, 0.1) is 6.61 Å². The number of rotatable bonds is 6. The van der Waals surface area contributed by atoms with Gasteiger partial charge in [-0.15, -0.1) is 0 Å². The number of hydrogen-bond donors (Lipinski definition) is 2. The third-order valence-corrected chi connectivity index (χ3v) is 5.51. The van der Waals surface area contributed by atoms with Crippen LogP contribution in [0, 0.1) is 17.7 Å². The van der Waals surface area contributed by atoms with Gasteiger partial charge in [-0.1, -0.05) is 6.07 Å². The molecule has 2 aliphatic rings. The van der Waals surface area contributed by atoms with Crippen LogP contribution >= 0.6 is 0 Å². The van der Waals surface area contributed by atoms with Crippen LogP contribution in [0.2, 0.25) is 0 Å². The first-order valence-electron chi connectivity index (χ1n) is 6.93. The van der Waals surface area contributed by atoms with E-state index in [1.54, 1.807) is 0 Å². The number of halogens is 1. The van der Waals surface area contributed by atoms with Crippen molar-refractivity contribution in [2.75, 3.05) is 0 Å². The minimum atomic E-state index is -3.83. The zero-order valence-electron chi connectivity index (χ0n) is 11.0. The summed E-state index contributed by atoms with van der Waals surface area (Å²) in [5.41, 5.74) is 0.363. The van der Waals surface area contributed by atoms with Crippen LogP contribution in [-0.4, -0.2) is 19.6 Å². The van der Waals surface area contributed by atoms with Crippen LogP contribution in [0.5, 0.6) is 0 Å². The van der Waals surface area contributed by atoms with Crippen LogP contribution in [0.4, 0.5) is 4.39 Å². The van der Waals surface area contributed by atoms with Gasteiger partial charge >= 0.3 is 0 Å². The Morgan fingerprint density at radius 3 is 2.30 bits per heavy atom. The lowest BCUT2D eigenvalue weighted by Crippen LogP contribution is -2.38.